The second-order valence-electron chi connectivity index (χ2n) is 6.79. The van der Waals surface area contributed by atoms with E-state index >= 15 is 0 Å². The van der Waals surface area contributed by atoms with Crippen LogP contribution in [-0.2, 0) is 33.8 Å². The number of nitrogens with zero attached hydrogens (tertiary/aromatic N) is 1. The third kappa shape index (κ3) is 2.33. The molecule has 0 saturated carbocycles. The molecule has 2 heterocycles. The van der Waals surface area contributed by atoms with E-state index in [1.54, 1.807) is 0 Å². The molecule has 1 unspecified atom stereocenters. The Balaban J connectivity index is 1.70. The third-order valence-corrected chi connectivity index (χ3v) is 5.31. The van der Waals surface area contributed by atoms with Gasteiger partial charge >= 0.3 is 0 Å². The van der Waals surface area contributed by atoms with E-state index in [-0.39, 0.29) is 24.2 Å². The highest BCUT2D eigenvalue weighted by Gasteiger charge is 2.42. The molecule has 130 valence electrons. The van der Waals surface area contributed by atoms with Gasteiger partial charge in [0.05, 0.1) is 12.7 Å². The van der Waals surface area contributed by atoms with Crippen LogP contribution < -0.4 is 10.1 Å². The molecule has 25 heavy (non-hydrogen) atoms. The van der Waals surface area contributed by atoms with Crippen LogP contribution in [0.25, 0.3) is 0 Å². The van der Waals surface area contributed by atoms with Gasteiger partial charge in [-0.1, -0.05) is 6.07 Å². The van der Waals surface area contributed by atoms with Crippen LogP contribution in [0.5, 0.6) is 5.75 Å². The molecule has 7 heteroatoms. The summed E-state index contributed by atoms with van der Waals surface area (Å²) in [5.41, 5.74) is 3.25. The number of carbonyl (C=O) groups is 4. The monoisotopic (exact) mass is 342 g/mol. The van der Waals surface area contributed by atoms with Crippen molar-refractivity contribution in [1.82, 2.24) is 10.2 Å². The van der Waals surface area contributed by atoms with Crippen LogP contribution in [-0.4, -0.2) is 42.1 Å². The predicted octanol–water partition coefficient (Wildman–Crippen LogP) is 0.370. The van der Waals surface area contributed by atoms with Gasteiger partial charge in [-0.25, -0.2) is 0 Å². The lowest BCUT2D eigenvalue weighted by Crippen LogP contribution is -2.52. The van der Waals surface area contributed by atoms with Gasteiger partial charge in [-0.15, -0.1) is 0 Å². The van der Waals surface area contributed by atoms with Crippen molar-refractivity contribution in [2.24, 2.45) is 5.92 Å². The van der Waals surface area contributed by atoms with Crippen LogP contribution in [0.3, 0.4) is 0 Å². The number of benzene rings is 1. The zero-order valence-electron chi connectivity index (χ0n) is 13.8. The Bertz CT molecular complexity index is 816. The molecule has 2 aliphatic heterocycles. The first kappa shape index (κ1) is 15.8. The minimum Gasteiger partial charge on any atom is -0.496 e. The molecule has 1 fully saturated rings. The summed E-state index contributed by atoms with van der Waals surface area (Å²) in [6, 6.07) is 1.32. The molecule has 3 aliphatic rings. The number of carbonyl (C=O) groups excluding carboxylic acids is 4. The molecule has 4 rings (SSSR count). The van der Waals surface area contributed by atoms with Crippen LogP contribution in [0.2, 0.25) is 0 Å². The molecule has 0 radical (unpaired) electrons. The quantitative estimate of drug-likeness (QED) is 0.633. The number of aldehydes is 1. The molecule has 2 atom stereocenters. The average Bonchev–Trinajstić information content (AvgIpc) is 3.14. The van der Waals surface area contributed by atoms with Crippen LogP contribution in [0.4, 0.5) is 0 Å². The number of fused-ring (bicyclic) bond motifs is 2. The number of nitrogens with one attached hydrogen (secondary N) is 1. The van der Waals surface area contributed by atoms with Crippen molar-refractivity contribution in [1.29, 1.82) is 0 Å². The summed E-state index contributed by atoms with van der Waals surface area (Å²) in [7, 11) is 1.52. The van der Waals surface area contributed by atoms with Gasteiger partial charge in [0.2, 0.25) is 11.8 Å². The lowest BCUT2D eigenvalue weighted by Gasteiger charge is -2.29. The lowest BCUT2D eigenvalue weighted by molar-refractivity contribution is -0.136. The maximum Gasteiger partial charge on any atom is 0.258 e. The molecular weight excluding hydrogens is 324 g/mol. The zero-order chi connectivity index (χ0) is 17.7. The summed E-state index contributed by atoms with van der Waals surface area (Å²) in [6.07, 6.45) is 2.73. The van der Waals surface area contributed by atoms with Crippen LogP contribution in [0.15, 0.2) is 6.07 Å². The summed E-state index contributed by atoms with van der Waals surface area (Å²) in [5.74, 6) is -0.532. The first-order valence-corrected chi connectivity index (χ1v) is 8.35. The molecule has 1 aromatic carbocycles. The molecule has 7 nitrogen and oxygen atoms in total. The standard InChI is InChI=1S/C18H18N2O5/c1-25-16-12-5-9(8-21)4-10(12)6-11-7-20(18(24)15(11)16)13-2-3-14(22)19-17(13)23/h6,8-9,13H,2-5,7H2,1H3,(H,19,22,23)/t9?,13-/m0/s1. The Morgan fingerprint density at radius 1 is 1.24 bits per heavy atom. The summed E-state index contributed by atoms with van der Waals surface area (Å²) < 4.78 is 5.52. The highest BCUT2D eigenvalue weighted by atomic mass is 16.5. The normalized spacial score (nSPS) is 24.8. The number of piperidine rings is 1. The van der Waals surface area contributed by atoms with Gasteiger partial charge in [0.25, 0.3) is 5.91 Å². The summed E-state index contributed by atoms with van der Waals surface area (Å²) in [5, 5.41) is 2.30. The van der Waals surface area contributed by atoms with Crippen molar-refractivity contribution in [3.05, 3.63) is 28.3 Å². The number of imide groups is 1. The van der Waals surface area contributed by atoms with Gasteiger partial charge in [0, 0.05) is 18.9 Å². The SMILES string of the molecule is COc1c2c(cc3c1C(=O)N([C@H]1CCC(=O)NC1=O)C3)CC(C=O)C2. The number of hydrogen-bond acceptors (Lipinski definition) is 5. The first-order valence-electron chi connectivity index (χ1n) is 8.35. The van der Waals surface area contributed by atoms with Gasteiger partial charge in [-0.3, -0.25) is 19.7 Å². The number of amides is 3. The molecular formula is C18H18N2O5. The molecule has 0 spiro atoms. The van der Waals surface area contributed by atoms with Gasteiger partial charge < -0.3 is 14.4 Å². The first-order chi connectivity index (χ1) is 12.0. The Morgan fingerprint density at radius 3 is 2.72 bits per heavy atom. The second-order valence-corrected chi connectivity index (χ2v) is 6.79. The van der Waals surface area contributed by atoms with Crippen molar-refractivity contribution in [2.75, 3.05) is 7.11 Å². The molecule has 1 N–H and O–H groups in total. The Kier molecular flexibility index (Phi) is 3.59. The molecule has 1 aromatic rings. The largest absolute Gasteiger partial charge is 0.496 e. The van der Waals surface area contributed by atoms with Crippen LogP contribution in [0.1, 0.15) is 39.9 Å². The molecule has 1 saturated heterocycles. The zero-order valence-corrected chi connectivity index (χ0v) is 13.8. The Hall–Kier alpha value is -2.70. The fraction of sp³-hybridized carbons (Fsp3) is 0.444. The van der Waals surface area contributed by atoms with E-state index in [0.717, 1.165) is 23.0 Å². The average molecular weight is 342 g/mol. The predicted molar refractivity (Wildman–Crippen MR) is 86.0 cm³/mol. The minimum absolute atomic E-state index is 0.0761. The Labute approximate surface area is 144 Å². The lowest BCUT2D eigenvalue weighted by atomic mass is 10.00. The third-order valence-electron chi connectivity index (χ3n) is 5.31. The van der Waals surface area contributed by atoms with Gasteiger partial charge in [0.15, 0.2) is 0 Å². The van der Waals surface area contributed by atoms with Crippen molar-refractivity contribution >= 4 is 24.0 Å². The summed E-state index contributed by atoms with van der Waals surface area (Å²) in [6.45, 7) is 0.315. The van der Waals surface area contributed by atoms with Crippen molar-refractivity contribution in [2.45, 2.75) is 38.3 Å². The maximum absolute atomic E-state index is 13.0. The highest BCUT2D eigenvalue weighted by molar-refractivity contribution is 6.06. The minimum atomic E-state index is -0.639. The van der Waals surface area contributed by atoms with E-state index in [1.165, 1.54) is 12.0 Å². The second kappa shape index (κ2) is 5.68. The molecule has 1 aliphatic carbocycles. The smallest absolute Gasteiger partial charge is 0.258 e. The number of hydrogen-bond donors (Lipinski definition) is 1. The van der Waals surface area contributed by atoms with Crippen molar-refractivity contribution in [3.63, 3.8) is 0 Å². The van der Waals surface area contributed by atoms with Crippen molar-refractivity contribution < 1.29 is 23.9 Å². The Morgan fingerprint density at radius 2 is 2.04 bits per heavy atom. The molecule has 3 amide bonds. The summed E-state index contributed by atoms with van der Waals surface area (Å²) in [4.78, 5) is 49.1. The van der Waals surface area contributed by atoms with Gasteiger partial charge in [-0.2, -0.15) is 0 Å². The molecule has 0 bridgehead atoms. The fourth-order valence-corrected chi connectivity index (χ4v) is 4.15. The van der Waals surface area contributed by atoms with E-state index in [1.807, 2.05) is 6.07 Å². The molecule has 0 aromatic heterocycles. The van der Waals surface area contributed by atoms with Crippen LogP contribution >= 0.6 is 0 Å². The maximum atomic E-state index is 13.0. The van der Waals surface area contributed by atoms with E-state index < -0.39 is 11.9 Å². The van der Waals surface area contributed by atoms with E-state index in [4.69, 9.17) is 4.74 Å². The number of ether oxygens (including phenoxy) is 1. The van der Waals surface area contributed by atoms with E-state index in [2.05, 4.69) is 5.32 Å². The summed E-state index contributed by atoms with van der Waals surface area (Å²) >= 11 is 0. The highest BCUT2D eigenvalue weighted by Crippen LogP contribution is 2.42. The van der Waals surface area contributed by atoms with E-state index in [0.29, 0.717) is 37.1 Å². The number of methoxy groups -OCH3 is 1. The topological polar surface area (TPSA) is 92.8 Å². The van der Waals surface area contributed by atoms with Gasteiger partial charge in [0.1, 0.15) is 18.1 Å². The van der Waals surface area contributed by atoms with Crippen LogP contribution in [0, 0.1) is 5.92 Å². The van der Waals surface area contributed by atoms with E-state index in [9.17, 15) is 19.2 Å². The fourth-order valence-electron chi connectivity index (χ4n) is 4.15. The van der Waals surface area contributed by atoms with Crippen molar-refractivity contribution in [3.8, 4) is 5.75 Å². The number of rotatable bonds is 3. The van der Waals surface area contributed by atoms with Gasteiger partial charge in [-0.05, 0) is 36.0 Å².